The van der Waals surface area contributed by atoms with E-state index in [4.69, 9.17) is 9.98 Å². The Labute approximate surface area is 100 Å². The molecule has 0 aromatic rings. The third-order valence-electron chi connectivity index (χ3n) is 3.50. The summed E-state index contributed by atoms with van der Waals surface area (Å²) in [6, 6.07) is 1.15. The van der Waals surface area contributed by atoms with Crippen molar-refractivity contribution in [3.05, 3.63) is 0 Å². The highest BCUT2D eigenvalue weighted by molar-refractivity contribution is 5.82. The van der Waals surface area contributed by atoms with E-state index in [0.717, 1.165) is 12.8 Å². The quantitative estimate of drug-likeness (QED) is 0.641. The largest absolute Gasteiger partial charge is 0.291 e. The second kappa shape index (κ2) is 6.82. The van der Waals surface area contributed by atoms with Crippen molar-refractivity contribution in [1.82, 2.24) is 0 Å². The van der Waals surface area contributed by atoms with Gasteiger partial charge in [0.2, 0.25) is 0 Å². The molecule has 0 aromatic carbocycles. The molecule has 0 N–H and O–H groups in total. The Hall–Kier alpha value is -0.660. The summed E-state index contributed by atoms with van der Waals surface area (Å²) in [6.45, 7) is 8.65. The molecule has 1 saturated carbocycles. The van der Waals surface area contributed by atoms with Crippen LogP contribution in [0.2, 0.25) is 0 Å². The highest BCUT2D eigenvalue weighted by Gasteiger charge is 2.19. The number of rotatable bonds is 4. The van der Waals surface area contributed by atoms with Crippen molar-refractivity contribution in [2.75, 3.05) is 0 Å². The maximum absolute atomic E-state index is 4.76. The second-order valence-corrected chi connectivity index (χ2v) is 4.90. The van der Waals surface area contributed by atoms with Crippen LogP contribution in [0.25, 0.3) is 0 Å². The normalized spacial score (nSPS) is 28.2. The summed E-state index contributed by atoms with van der Waals surface area (Å²) in [5.41, 5.74) is 2.60. The van der Waals surface area contributed by atoms with Crippen LogP contribution in [-0.2, 0) is 0 Å². The molecular weight excluding hydrogens is 196 g/mol. The van der Waals surface area contributed by atoms with Crippen molar-refractivity contribution in [3.63, 3.8) is 0 Å². The molecule has 0 saturated heterocycles. The van der Waals surface area contributed by atoms with Gasteiger partial charge in [-0.3, -0.25) is 9.98 Å². The Kier molecular flexibility index (Phi) is 5.72. The highest BCUT2D eigenvalue weighted by Crippen LogP contribution is 2.24. The van der Waals surface area contributed by atoms with E-state index in [-0.39, 0.29) is 0 Å². The average Bonchev–Trinajstić information content (AvgIpc) is 2.31. The van der Waals surface area contributed by atoms with Crippen molar-refractivity contribution in [2.24, 2.45) is 9.98 Å². The SMILES string of the molecule is CCC(C)=NC1CCC(N=C(C)CC)CC1. The van der Waals surface area contributed by atoms with Gasteiger partial charge in [0.25, 0.3) is 0 Å². The Morgan fingerprint density at radius 3 is 1.38 bits per heavy atom. The van der Waals surface area contributed by atoms with Gasteiger partial charge < -0.3 is 0 Å². The van der Waals surface area contributed by atoms with Gasteiger partial charge in [0.15, 0.2) is 0 Å². The van der Waals surface area contributed by atoms with Crippen LogP contribution >= 0.6 is 0 Å². The summed E-state index contributed by atoms with van der Waals surface area (Å²) < 4.78 is 0. The zero-order chi connectivity index (χ0) is 12.0. The Bertz CT molecular complexity index is 230. The van der Waals surface area contributed by atoms with Gasteiger partial charge in [-0.15, -0.1) is 0 Å². The maximum atomic E-state index is 4.76. The molecule has 1 aliphatic carbocycles. The molecule has 1 rings (SSSR count). The standard InChI is InChI=1S/C14H26N2/c1-5-11(3)15-13-7-9-14(10-8-13)16-12(4)6-2/h13-14H,5-10H2,1-4H3. The Morgan fingerprint density at radius 1 is 0.812 bits per heavy atom. The van der Waals surface area contributed by atoms with Gasteiger partial charge in [0.05, 0.1) is 0 Å². The molecule has 0 radical (unpaired) electrons. The summed E-state index contributed by atoms with van der Waals surface area (Å²) in [7, 11) is 0. The predicted octanol–water partition coefficient (Wildman–Crippen LogP) is 4.04. The fourth-order valence-corrected chi connectivity index (χ4v) is 2.12. The molecule has 0 atom stereocenters. The second-order valence-electron chi connectivity index (χ2n) is 4.90. The van der Waals surface area contributed by atoms with Gasteiger partial charge in [-0.05, 0) is 52.4 Å². The molecule has 0 aromatic heterocycles. The summed E-state index contributed by atoms with van der Waals surface area (Å²) in [5, 5.41) is 0. The first kappa shape index (κ1) is 13.4. The van der Waals surface area contributed by atoms with Crippen LogP contribution in [0.5, 0.6) is 0 Å². The van der Waals surface area contributed by atoms with Crippen LogP contribution in [0.1, 0.15) is 66.2 Å². The van der Waals surface area contributed by atoms with E-state index < -0.39 is 0 Å². The number of hydrogen-bond acceptors (Lipinski definition) is 2. The zero-order valence-corrected chi connectivity index (χ0v) is 11.3. The molecule has 2 heteroatoms. The lowest BCUT2D eigenvalue weighted by Gasteiger charge is -2.24. The molecule has 0 amide bonds. The molecule has 1 fully saturated rings. The number of hydrogen-bond donors (Lipinski definition) is 0. The van der Waals surface area contributed by atoms with Crippen molar-refractivity contribution >= 4 is 11.4 Å². The molecule has 0 spiro atoms. The molecule has 0 heterocycles. The number of aliphatic imine (C=N–C) groups is 2. The van der Waals surface area contributed by atoms with Gasteiger partial charge in [-0.2, -0.15) is 0 Å². The van der Waals surface area contributed by atoms with E-state index in [2.05, 4.69) is 27.7 Å². The van der Waals surface area contributed by atoms with E-state index in [1.54, 1.807) is 0 Å². The van der Waals surface area contributed by atoms with E-state index in [9.17, 15) is 0 Å². The van der Waals surface area contributed by atoms with Gasteiger partial charge in [0.1, 0.15) is 0 Å². The first-order chi connectivity index (χ1) is 7.65. The van der Waals surface area contributed by atoms with Crippen LogP contribution in [0.3, 0.4) is 0 Å². The van der Waals surface area contributed by atoms with Gasteiger partial charge in [-0.25, -0.2) is 0 Å². The minimum Gasteiger partial charge on any atom is -0.291 e. The molecule has 0 aliphatic heterocycles. The average molecular weight is 222 g/mol. The third-order valence-corrected chi connectivity index (χ3v) is 3.50. The lowest BCUT2D eigenvalue weighted by atomic mass is 9.91. The van der Waals surface area contributed by atoms with E-state index >= 15 is 0 Å². The summed E-state index contributed by atoms with van der Waals surface area (Å²) in [4.78, 5) is 9.51. The molecule has 1 aliphatic rings. The molecule has 16 heavy (non-hydrogen) atoms. The van der Waals surface area contributed by atoms with Crippen molar-refractivity contribution < 1.29 is 0 Å². The monoisotopic (exact) mass is 222 g/mol. The molecule has 0 unspecified atom stereocenters. The van der Waals surface area contributed by atoms with Crippen LogP contribution < -0.4 is 0 Å². The van der Waals surface area contributed by atoms with Crippen LogP contribution in [0.15, 0.2) is 9.98 Å². The Morgan fingerprint density at radius 2 is 1.12 bits per heavy atom. The number of nitrogens with zero attached hydrogens (tertiary/aromatic N) is 2. The molecule has 0 bridgehead atoms. The fraction of sp³-hybridized carbons (Fsp3) is 0.857. The first-order valence-electron chi connectivity index (χ1n) is 6.72. The smallest absolute Gasteiger partial charge is 0.0500 e. The zero-order valence-electron chi connectivity index (χ0n) is 11.3. The lowest BCUT2D eigenvalue weighted by Crippen LogP contribution is -2.21. The predicted molar refractivity (Wildman–Crippen MR) is 72.8 cm³/mol. The lowest BCUT2D eigenvalue weighted by molar-refractivity contribution is 0.397. The molecular formula is C14H26N2. The summed E-state index contributed by atoms with van der Waals surface area (Å²) >= 11 is 0. The van der Waals surface area contributed by atoms with Gasteiger partial charge >= 0.3 is 0 Å². The third kappa shape index (κ3) is 4.46. The summed E-state index contributed by atoms with van der Waals surface area (Å²) in [6.07, 6.45) is 7.08. The Balaban J connectivity index is 2.40. The maximum Gasteiger partial charge on any atom is 0.0500 e. The van der Waals surface area contributed by atoms with Crippen molar-refractivity contribution in [2.45, 2.75) is 78.3 Å². The molecule has 92 valence electrons. The van der Waals surface area contributed by atoms with E-state index in [1.807, 2.05) is 0 Å². The topological polar surface area (TPSA) is 24.7 Å². The van der Waals surface area contributed by atoms with E-state index in [0.29, 0.717) is 12.1 Å². The first-order valence-corrected chi connectivity index (χ1v) is 6.72. The minimum atomic E-state index is 0.577. The van der Waals surface area contributed by atoms with Crippen molar-refractivity contribution in [1.29, 1.82) is 0 Å². The minimum absolute atomic E-state index is 0.577. The highest BCUT2D eigenvalue weighted by atomic mass is 14.8. The van der Waals surface area contributed by atoms with Crippen molar-refractivity contribution in [3.8, 4) is 0 Å². The van der Waals surface area contributed by atoms with Crippen LogP contribution in [0, 0.1) is 0 Å². The van der Waals surface area contributed by atoms with Gasteiger partial charge in [0, 0.05) is 23.5 Å². The summed E-state index contributed by atoms with van der Waals surface area (Å²) in [5.74, 6) is 0. The van der Waals surface area contributed by atoms with Crippen LogP contribution in [-0.4, -0.2) is 23.5 Å². The van der Waals surface area contributed by atoms with Crippen LogP contribution in [0.4, 0.5) is 0 Å². The van der Waals surface area contributed by atoms with Gasteiger partial charge in [-0.1, -0.05) is 13.8 Å². The molecule has 2 nitrogen and oxygen atoms in total. The fourth-order valence-electron chi connectivity index (χ4n) is 2.12. The van der Waals surface area contributed by atoms with E-state index in [1.165, 1.54) is 37.1 Å².